The van der Waals surface area contributed by atoms with Crippen molar-refractivity contribution < 1.29 is 22.6 Å². The summed E-state index contributed by atoms with van der Waals surface area (Å²) in [6.07, 6.45) is -1.11. The van der Waals surface area contributed by atoms with Gasteiger partial charge in [0.15, 0.2) is 17.4 Å². The average Bonchev–Trinajstić information content (AvgIpc) is 3.20. The number of hydrogen-bond acceptors (Lipinski definition) is 8. The third kappa shape index (κ3) is 4.29. The van der Waals surface area contributed by atoms with Gasteiger partial charge < -0.3 is 25.4 Å². The lowest BCUT2D eigenvalue weighted by Crippen LogP contribution is -2.40. The molecule has 1 aliphatic carbocycles. The minimum Gasteiger partial charge on any atom is -0.485 e. The summed E-state index contributed by atoms with van der Waals surface area (Å²) >= 11 is 0. The lowest BCUT2D eigenvalue weighted by atomic mass is 9.92. The molecule has 1 saturated carbocycles. The summed E-state index contributed by atoms with van der Waals surface area (Å²) < 4.78 is 49.8. The van der Waals surface area contributed by atoms with Gasteiger partial charge >= 0.3 is 6.36 Å². The van der Waals surface area contributed by atoms with Gasteiger partial charge in [-0.2, -0.15) is 4.52 Å². The van der Waals surface area contributed by atoms with E-state index in [1.807, 2.05) is 7.05 Å². The molecule has 0 unspecified atom stereocenters. The Morgan fingerprint density at radius 3 is 2.68 bits per heavy atom. The molecular weight excluding hydrogens is 451 g/mol. The number of nitrogens with zero attached hydrogens (tertiary/aromatic N) is 5. The molecule has 34 heavy (non-hydrogen) atoms. The number of rotatable bonds is 4. The van der Waals surface area contributed by atoms with Crippen molar-refractivity contribution >= 4 is 17.2 Å². The highest BCUT2D eigenvalue weighted by Gasteiger charge is 2.33. The molecule has 2 aromatic heterocycles. The zero-order valence-electron chi connectivity index (χ0n) is 18.8. The predicted octanol–water partition coefficient (Wildman–Crippen LogP) is 3.59. The van der Waals surface area contributed by atoms with Crippen LogP contribution in [-0.4, -0.2) is 58.0 Å². The van der Waals surface area contributed by atoms with Crippen LogP contribution >= 0.6 is 0 Å². The SMILES string of the molecule is C[C@H]1COc2c(c(NC3CCC(N)CC3)nn3c(-c4cccc(OC(F)(F)F)c4)nnc23)N1C. The molecule has 12 heteroatoms. The van der Waals surface area contributed by atoms with E-state index in [2.05, 4.69) is 32.1 Å². The first kappa shape index (κ1) is 22.5. The lowest BCUT2D eigenvalue weighted by Gasteiger charge is -2.36. The van der Waals surface area contributed by atoms with Crippen molar-refractivity contribution in [3.63, 3.8) is 0 Å². The van der Waals surface area contributed by atoms with Gasteiger partial charge in [-0.3, -0.25) is 0 Å². The van der Waals surface area contributed by atoms with E-state index in [1.54, 1.807) is 6.07 Å². The van der Waals surface area contributed by atoms with E-state index in [0.717, 1.165) is 31.4 Å². The van der Waals surface area contributed by atoms with Gasteiger partial charge in [-0.15, -0.1) is 28.5 Å². The highest BCUT2D eigenvalue weighted by atomic mass is 19.4. The topological polar surface area (TPSA) is 103 Å². The molecule has 5 rings (SSSR count). The van der Waals surface area contributed by atoms with Gasteiger partial charge in [0, 0.05) is 24.7 Å². The molecule has 0 amide bonds. The van der Waals surface area contributed by atoms with Gasteiger partial charge in [0.05, 0.1) is 6.04 Å². The Morgan fingerprint density at radius 1 is 1.18 bits per heavy atom. The fourth-order valence-electron chi connectivity index (χ4n) is 4.44. The average molecular weight is 477 g/mol. The Kier molecular flexibility index (Phi) is 5.62. The van der Waals surface area contributed by atoms with E-state index < -0.39 is 6.36 Å². The van der Waals surface area contributed by atoms with E-state index in [1.165, 1.54) is 22.7 Å². The number of ether oxygens (including phenoxy) is 2. The Hall–Kier alpha value is -3.28. The van der Waals surface area contributed by atoms with Crippen LogP contribution in [0.2, 0.25) is 0 Å². The second-order valence-electron chi connectivity index (χ2n) is 8.89. The summed E-state index contributed by atoms with van der Waals surface area (Å²) in [7, 11) is 1.97. The molecule has 0 saturated heterocycles. The highest BCUT2D eigenvalue weighted by Crippen LogP contribution is 2.42. The van der Waals surface area contributed by atoms with Crippen LogP contribution in [-0.2, 0) is 0 Å². The Morgan fingerprint density at radius 2 is 1.94 bits per heavy atom. The fourth-order valence-corrected chi connectivity index (χ4v) is 4.44. The smallest absolute Gasteiger partial charge is 0.485 e. The maximum atomic E-state index is 12.7. The van der Waals surface area contributed by atoms with Crippen LogP contribution in [0.3, 0.4) is 0 Å². The molecule has 3 aromatic rings. The molecule has 2 aliphatic rings. The summed E-state index contributed by atoms with van der Waals surface area (Å²) in [6, 6.07) is 6.12. The van der Waals surface area contributed by atoms with Crippen LogP contribution in [0.5, 0.6) is 11.5 Å². The number of alkyl halides is 3. The maximum Gasteiger partial charge on any atom is 0.573 e. The molecule has 0 bridgehead atoms. The monoisotopic (exact) mass is 477 g/mol. The molecule has 182 valence electrons. The summed E-state index contributed by atoms with van der Waals surface area (Å²) in [4.78, 5) is 2.09. The highest BCUT2D eigenvalue weighted by molar-refractivity contribution is 5.82. The van der Waals surface area contributed by atoms with Crippen molar-refractivity contribution in [3.8, 4) is 22.9 Å². The number of fused-ring (bicyclic) bond motifs is 3. The van der Waals surface area contributed by atoms with Gasteiger partial charge in [-0.25, -0.2) is 0 Å². The first-order valence-electron chi connectivity index (χ1n) is 11.2. The van der Waals surface area contributed by atoms with Crippen LogP contribution in [0.15, 0.2) is 24.3 Å². The van der Waals surface area contributed by atoms with Crippen LogP contribution in [0.4, 0.5) is 24.7 Å². The number of likely N-dealkylation sites (N-methyl/N-ethyl adjacent to an activating group) is 1. The van der Waals surface area contributed by atoms with Crippen molar-refractivity contribution in [3.05, 3.63) is 24.3 Å². The Bertz CT molecular complexity index is 1190. The van der Waals surface area contributed by atoms with Crippen molar-refractivity contribution in [2.45, 2.75) is 57.1 Å². The third-order valence-electron chi connectivity index (χ3n) is 6.40. The van der Waals surface area contributed by atoms with E-state index in [-0.39, 0.29) is 29.7 Å². The first-order chi connectivity index (χ1) is 16.2. The van der Waals surface area contributed by atoms with Crippen molar-refractivity contribution in [2.75, 3.05) is 23.9 Å². The van der Waals surface area contributed by atoms with Crippen LogP contribution < -0.4 is 25.4 Å². The van der Waals surface area contributed by atoms with Gasteiger partial charge in [-0.1, -0.05) is 12.1 Å². The zero-order valence-corrected chi connectivity index (χ0v) is 18.8. The maximum absolute atomic E-state index is 12.7. The summed E-state index contributed by atoms with van der Waals surface area (Å²) in [5.74, 6) is 1.08. The fraction of sp³-hybridized carbons (Fsp3) is 0.500. The van der Waals surface area contributed by atoms with Crippen molar-refractivity contribution in [1.82, 2.24) is 19.8 Å². The molecule has 3 heterocycles. The first-order valence-corrected chi connectivity index (χ1v) is 11.2. The molecule has 0 radical (unpaired) electrons. The normalized spacial score (nSPS) is 22.9. The molecule has 3 N–H and O–H groups in total. The Labute approximate surface area is 194 Å². The number of aromatic nitrogens is 4. The van der Waals surface area contributed by atoms with Gasteiger partial charge in [0.1, 0.15) is 18.0 Å². The lowest BCUT2D eigenvalue weighted by molar-refractivity contribution is -0.274. The van der Waals surface area contributed by atoms with E-state index in [4.69, 9.17) is 15.6 Å². The molecule has 1 fully saturated rings. The number of nitrogens with one attached hydrogen (secondary N) is 1. The van der Waals surface area contributed by atoms with Gasteiger partial charge in [0.25, 0.3) is 0 Å². The number of halogens is 3. The van der Waals surface area contributed by atoms with Gasteiger partial charge in [0.2, 0.25) is 5.65 Å². The Balaban J connectivity index is 1.59. The molecule has 1 aliphatic heterocycles. The standard InChI is InChI=1S/C22H26F3N7O2/c1-12-11-33-18-17(31(12)2)19(27-15-8-6-14(26)7-9-15)30-32-20(28-29-21(18)32)13-4-3-5-16(10-13)34-22(23,24)25/h3-5,10,12,14-15H,6-9,11,26H2,1-2H3,(H,27,30)/t12-,14?,15?/m0/s1. The minimum absolute atomic E-state index is 0.121. The van der Waals surface area contributed by atoms with Crippen LogP contribution in [0.25, 0.3) is 17.0 Å². The second-order valence-corrected chi connectivity index (χ2v) is 8.89. The molecule has 0 spiro atoms. The number of nitrogens with two attached hydrogens (primary N) is 1. The number of benzene rings is 1. The number of hydrogen-bond donors (Lipinski definition) is 2. The van der Waals surface area contributed by atoms with E-state index >= 15 is 0 Å². The minimum atomic E-state index is -4.79. The van der Waals surface area contributed by atoms with Crippen LogP contribution in [0.1, 0.15) is 32.6 Å². The van der Waals surface area contributed by atoms with E-state index in [0.29, 0.717) is 29.4 Å². The predicted molar refractivity (Wildman–Crippen MR) is 120 cm³/mol. The molecule has 1 aromatic carbocycles. The molecule has 9 nitrogen and oxygen atoms in total. The summed E-state index contributed by atoms with van der Waals surface area (Å²) in [5, 5.41) is 16.8. The summed E-state index contributed by atoms with van der Waals surface area (Å²) in [6.45, 7) is 2.51. The van der Waals surface area contributed by atoms with E-state index in [9.17, 15) is 13.2 Å². The quantitative estimate of drug-likeness (QED) is 0.588. The third-order valence-corrected chi connectivity index (χ3v) is 6.40. The zero-order chi connectivity index (χ0) is 24.0. The molecular formula is C22H26F3N7O2. The second kappa shape index (κ2) is 8.49. The van der Waals surface area contributed by atoms with Crippen molar-refractivity contribution in [1.29, 1.82) is 0 Å². The molecule has 1 atom stereocenters. The van der Waals surface area contributed by atoms with Gasteiger partial charge in [-0.05, 0) is 44.7 Å². The largest absolute Gasteiger partial charge is 0.573 e. The van der Waals surface area contributed by atoms with Crippen LogP contribution in [0, 0.1) is 0 Å². The van der Waals surface area contributed by atoms with Crippen molar-refractivity contribution in [2.24, 2.45) is 5.73 Å². The number of anilines is 2. The summed E-state index contributed by atoms with van der Waals surface area (Å²) in [5.41, 5.74) is 7.62.